The topological polar surface area (TPSA) is 83.9 Å². The molecule has 0 saturated carbocycles. The Labute approximate surface area is 127 Å². The second-order valence-electron chi connectivity index (χ2n) is 4.77. The van der Waals surface area contributed by atoms with E-state index in [2.05, 4.69) is 0 Å². The van der Waals surface area contributed by atoms with Crippen molar-refractivity contribution in [1.29, 1.82) is 0 Å². The number of hydrogen-bond acceptors (Lipinski definition) is 4. The number of benzene rings is 2. The molecular weight excluding hydrogens is 306 g/mol. The Bertz CT molecular complexity index is 804. The lowest BCUT2D eigenvalue weighted by Crippen LogP contribution is -2.46. The lowest BCUT2D eigenvalue weighted by molar-refractivity contribution is 0.193. The standard InChI is InChI=1S/C15H13NO5S/c17-15(18)16-10-14(21-13-9-5-4-8-12(13)16)22(19,20)11-6-2-1-3-7-11/h1-9,14H,10H2,(H,17,18). The summed E-state index contributed by atoms with van der Waals surface area (Å²) in [5.74, 6) is 0.237. The Morgan fingerprint density at radius 2 is 1.73 bits per heavy atom. The van der Waals surface area contributed by atoms with Gasteiger partial charge in [0.2, 0.25) is 15.3 Å². The van der Waals surface area contributed by atoms with Crippen LogP contribution in [0.4, 0.5) is 10.5 Å². The highest BCUT2D eigenvalue weighted by Crippen LogP contribution is 2.35. The van der Waals surface area contributed by atoms with Gasteiger partial charge in [-0.25, -0.2) is 13.2 Å². The third-order valence-electron chi connectivity index (χ3n) is 3.39. The smallest absolute Gasteiger partial charge is 0.412 e. The third kappa shape index (κ3) is 2.39. The lowest BCUT2D eigenvalue weighted by Gasteiger charge is -2.32. The van der Waals surface area contributed by atoms with Crippen LogP contribution in [0.5, 0.6) is 5.75 Å². The molecule has 2 aromatic carbocycles. The van der Waals surface area contributed by atoms with Crippen molar-refractivity contribution in [3.8, 4) is 5.75 Å². The molecule has 0 aliphatic carbocycles. The van der Waals surface area contributed by atoms with Crippen LogP contribution in [-0.2, 0) is 9.84 Å². The minimum atomic E-state index is -3.80. The summed E-state index contributed by atoms with van der Waals surface area (Å²) < 4.78 is 30.8. The van der Waals surface area contributed by atoms with Crippen molar-refractivity contribution in [2.75, 3.05) is 11.4 Å². The Hall–Kier alpha value is -2.54. The normalized spacial score (nSPS) is 17.5. The average molecular weight is 319 g/mol. The highest BCUT2D eigenvalue weighted by molar-refractivity contribution is 7.92. The Kier molecular flexibility index (Phi) is 3.50. The Morgan fingerprint density at radius 1 is 1.09 bits per heavy atom. The van der Waals surface area contributed by atoms with Crippen molar-refractivity contribution in [3.05, 3.63) is 54.6 Å². The number of ether oxygens (including phenoxy) is 1. The molecule has 0 aromatic heterocycles. The maximum absolute atomic E-state index is 12.6. The van der Waals surface area contributed by atoms with Gasteiger partial charge < -0.3 is 9.84 Å². The fraction of sp³-hybridized carbons (Fsp3) is 0.133. The van der Waals surface area contributed by atoms with Crippen LogP contribution in [0.1, 0.15) is 0 Å². The first-order valence-electron chi connectivity index (χ1n) is 6.55. The van der Waals surface area contributed by atoms with Crippen LogP contribution < -0.4 is 9.64 Å². The van der Waals surface area contributed by atoms with Crippen molar-refractivity contribution in [3.63, 3.8) is 0 Å². The van der Waals surface area contributed by atoms with Crippen LogP contribution in [0.2, 0.25) is 0 Å². The van der Waals surface area contributed by atoms with Gasteiger partial charge in [-0.05, 0) is 24.3 Å². The van der Waals surface area contributed by atoms with Gasteiger partial charge in [0.25, 0.3) is 0 Å². The van der Waals surface area contributed by atoms with E-state index >= 15 is 0 Å². The van der Waals surface area contributed by atoms with Crippen LogP contribution >= 0.6 is 0 Å². The number of carboxylic acid groups (broad SMARTS) is 1. The number of anilines is 1. The summed E-state index contributed by atoms with van der Waals surface area (Å²) in [5.41, 5.74) is -0.935. The third-order valence-corrected chi connectivity index (χ3v) is 5.26. The average Bonchev–Trinajstić information content (AvgIpc) is 2.54. The zero-order valence-corrected chi connectivity index (χ0v) is 12.2. The van der Waals surface area contributed by atoms with Gasteiger partial charge in [-0.2, -0.15) is 0 Å². The van der Waals surface area contributed by atoms with E-state index in [0.717, 1.165) is 4.90 Å². The molecule has 22 heavy (non-hydrogen) atoms. The molecule has 114 valence electrons. The number of nitrogens with zero attached hydrogens (tertiary/aromatic N) is 1. The fourth-order valence-corrected chi connectivity index (χ4v) is 3.73. The van der Waals surface area contributed by atoms with E-state index in [-0.39, 0.29) is 17.2 Å². The second kappa shape index (κ2) is 5.34. The molecule has 1 aliphatic rings. The van der Waals surface area contributed by atoms with Crippen molar-refractivity contribution in [2.45, 2.75) is 10.3 Å². The maximum atomic E-state index is 12.6. The first-order chi connectivity index (χ1) is 10.5. The molecule has 0 spiro atoms. The molecule has 1 amide bonds. The molecule has 1 N–H and O–H groups in total. The summed E-state index contributed by atoms with van der Waals surface area (Å²) in [5, 5.41) is 9.31. The van der Waals surface area contributed by atoms with E-state index < -0.39 is 21.4 Å². The molecule has 7 heteroatoms. The van der Waals surface area contributed by atoms with Gasteiger partial charge in [0.1, 0.15) is 5.75 Å². The number of sulfone groups is 1. The summed E-state index contributed by atoms with van der Waals surface area (Å²) in [6.45, 7) is -0.274. The summed E-state index contributed by atoms with van der Waals surface area (Å²) in [4.78, 5) is 12.5. The number of rotatable bonds is 2. The number of hydrogen-bond donors (Lipinski definition) is 1. The Morgan fingerprint density at radius 3 is 2.41 bits per heavy atom. The highest BCUT2D eigenvalue weighted by atomic mass is 32.2. The van der Waals surface area contributed by atoms with Gasteiger partial charge in [0.15, 0.2) is 0 Å². The van der Waals surface area contributed by atoms with Gasteiger partial charge >= 0.3 is 6.09 Å². The second-order valence-corrected chi connectivity index (χ2v) is 6.85. The van der Waals surface area contributed by atoms with Gasteiger partial charge in [0, 0.05) is 0 Å². The molecule has 1 unspecified atom stereocenters. The molecule has 1 aliphatic heterocycles. The SMILES string of the molecule is O=C(O)N1CC(S(=O)(=O)c2ccccc2)Oc2ccccc21. The molecule has 3 rings (SSSR count). The Balaban J connectivity index is 2.03. The molecule has 0 bridgehead atoms. The number of para-hydroxylation sites is 2. The van der Waals surface area contributed by atoms with Gasteiger partial charge in [-0.1, -0.05) is 30.3 Å². The van der Waals surface area contributed by atoms with Crippen molar-refractivity contribution < 1.29 is 23.1 Å². The maximum Gasteiger partial charge on any atom is 0.412 e. The van der Waals surface area contributed by atoms with E-state index in [1.807, 2.05) is 0 Å². The van der Waals surface area contributed by atoms with E-state index in [1.54, 1.807) is 42.5 Å². The van der Waals surface area contributed by atoms with Gasteiger partial charge in [-0.15, -0.1) is 0 Å². The molecule has 0 fully saturated rings. The van der Waals surface area contributed by atoms with E-state index in [1.165, 1.54) is 12.1 Å². The zero-order chi connectivity index (χ0) is 15.7. The monoisotopic (exact) mass is 319 g/mol. The molecular formula is C15H13NO5S. The van der Waals surface area contributed by atoms with E-state index in [4.69, 9.17) is 4.74 Å². The summed E-state index contributed by atoms with van der Waals surface area (Å²) >= 11 is 0. The fourth-order valence-electron chi connectivity index (χ4n) is 2.31. The molecule has 0 saturated heterocycles. The van der Waals surface area contributed by atoms with E-state index in [0.29, 0.717) is 5.69 Å². The summed E-state index contributed by atoms with van der Waals surface area (Å²) in [7, 11) is -3.80. The first-order valence-corrected chi connectivity index (χ1v) is 8.10. The largest absolute Gasteiger partial charge is 0.470 e. The van der Waals surface area contributed by atoms with Crippen LogP contribution in [0.15, 0.2) is 59.5 Å². The van der Waals surface area contributed by atoms with Crippen LogP contribution in [0, 0.1) is 0 Å². The predicted octanol–water partition coefficient (Wildman–Crippen LogP) is 2.36. The van der Waals surface area contributed by atoms with Crippen molar-refractivity contribution in [1.82, 2.24) is 0 Å². The molecule has 2 aromatic rings. The van der Waals surface area contributed by atoms with Crippen LogP contribution in [-0.4, -0.2) is 31.6 Å². The lowest BCUT2D eigenvalue weighted by atomic mass is 10.2. The van der Waals surface area contributed by atoms with Crippen LogP contribution in [0.3, 0.4) is 0 Å². The van der Waals surface area contributed by atoms with Crippen molar-refractivity contribution in [2.24, 2.45) is 0 Å². The quantitative estimate of drug-likeness (QED) is 0.918. The number of amides is 1. The van der Waals surface area contributed by atoms with Crippen molar-refractivity contribution >= 4 is 21.6 Å². The predicted molar refractivity (Wildman–Crippen MR) is 79.9 cm³/mol. The molecule has 6 nitrogen and oxygen atoms in total. The summed E-state index contributed by atoms with van der Waals surface area (Å²) in [6.07, 6.45) is -1.22. The molecule has 1 atom stereocenters. The van der Waals surface area contributed by atoms with Crippen LogP contribution in [0.25, 0.3) is 0 Å². The highest BCUT2D eigenvalue weighted by Gasteiger charge is 2.38. The molecule has 0 radical (unpaired) electrons. The number of fused-ring (bicyclic) bond motifs is 1. The molecule has 1 heterocycles. The minimum Gasteiger partial charge on any atom is -0.470 e. The summed E-state index contributed by atoms with van der Waals surface area (Å²) in [6, 6.07) is 14.3. The first kappa shape index (κ1) is 14.4. The number of carbonyl (C=O) groups is 1. The van der Waals surface area contributed by atoms with Gasteiger partial charge in [0.05, 0.1) is 17.1 Å². The zero-order valence-electron chi connectivity index (χ0n) is 11.4. The minimum absolute atomic E-state index is 0.102. The van der Waals surface area contributed by atoms with E-state index in [9.17, 15) is 18.3 Å². The van der Waals surface area contributed by atoms with Gasteiger partial charge in [-0.3, -0.25) is 4.90 Å².